The molecule has 0 saturated heterocycles. The first-order valence-electron chi connectivity index (χ1n) is 40.1. The van der Waals surface area contributed by atoms with E-state index in [-0.39, 0.29) is 25.7 Å². The molecule has 0 aliphatic rings. The van der Waals surface area contributed by atoms with E-state index < -0.39 is 97.5 Å². The molecule has 0 aromatic heterocycles. The van der Waals surface area contributed by atoms with E-state index in [0.717, 1.165) is 167 Å². The molecule has 0 amide bonds. The lowest BCUT2D eigenvalue weighted by atomic mass is 10.1. The Morgan fingerprint density at radius 1 is 0.279 bits per heavy atom. The van der Waals surface area contributed by atoms with Crippen LogP contribution in [-0.4, -0.2) is 96.7 Å². The van der Waals surface area contributed by atoms with Crippen LogP contribution in [0.5, 0.6) is 0 Å². The Labute approximate surface area is 630 Å². The molecule has 0 rings (SSSR count). The Morgan fingerprint density at radius 2 is 0.519 bits per heavy atom. The van der Waals surface area contributed by atoms with Crippen molar-refractivity contribution in [2.75, 3.05) is 39.6 Å². The molecule has 0 heterocycles. The summed E-state index contributed by atoms with van der Waals surface area (Å²) in [6, 6.07) is 0. The molecule has 0 aliphatic heterocycles. The Hall–Kier alpha value is -5.06. The molecule has 19 heteroatoms. The number of aliphatic hydroxyl groups excluding tert-OH is 1. The zero-order valence-corrected chi connectivity index (χ0v) is 66.7. The monoisotopic (exact) mass is 1500 g/mol. The van der Waals surface area contributed by atoms with Gasteiger partial charge >= 0.3 is 39.5 Å². The molecule has 0 aliphatic carbocycles. The number of allylic oxidation sites excluding steroid dienone is 24. The SMILES string of the molecule is CC/C=C\C/C=C\C/C=C\C/C=C\C/C=C\C/C=C\CCC(=O)OCC(COP(=O)(O)OCC(O)COP(=O)(O)OCC(COC(=O)CCCCCCCC/C=C\C/C=C\C/C=C\CCCCC)OC(=O)CCCCCCCCCCCCC)OC(=O)CCCCCCC/C=C\C/C=C\C/C=C\CC. The number of carbonyl (C=O) groups is 4. The number of unbranched alkanes of at least 4 members (excludes halogenated alkanes) is 24. The van der Waals surface area contributed by atoms with E-state index in [1.165, 1.54) is 57.8 Å². The van der Waals surface area contributed by atoms with Crippen molar-refractivity contribution in [2.45, 2.75) is 329 Å². The summed E-state index contributed by atoms with van der Waals surface area (Å²) in [5.41, 5.74) is 0. The van der Waals surface area contributed by atoms with Crippen molar-refractivity contribution in [1.82, 2.24) is 0 Å². The molecule has 5 unspecified atom stereocenters. The van der Waals surface area contributed by atoms with E-state index in [1.54, 1.807) is 0 Å². The highest BCUT2D eigenvalue weighted by molar-refractivity contribution is 7.47. The van der Waals surface area contributed by atoms with Gasteiger partial charge in [-0.1, -0.05) is 296 Å². The van der Waals surface area contributed by atoms with Crippen LogP contribution in [0, 0.1) is 0 Å². The van der Waals surface area contributed by atoms with Crippen molar-refractivity contribution in [3.8, 4) is 0 Å². The first kappa shape index (κ1) is 98.9. The molecule has 17 nitrogen and oxygen atoms in total. The minimum Gasteiger partial charge on any atom is -0.462 e. The van der Waals surface area contributed by atoms with Crippen molar-refractivity contribution in [1.29, 1.82) is 0 Å². The van der Waals surface area contributed by atoms with Gasteiger partial charge in [-0.2, -0.15) is 0 Å². The summed E-state index contributed by atoms with van der Waals surface area (Å²) in [6.07, 6.45) is 87.0. The quantitative estimate of drug-likeness (QED) is 0.0169. The van der Waals surface area contributed by atoms with Crippen LogP contribution in [0.25, 0.3) is 0 Å². The Balaban J connectivity index is 5.40. The second-order valence-electron chi connectivity index (χ2n) is 26.2. The number of ether oxygens (including phenoxy) is 4. The second kappa shape index (κ2) is 76.1. The molecule has 0 spiro atoms. The second-order valence-corrected chi connectivity index (χ2v) is 29.2. The van der Waals surface area contributed by atoms with Gasteiger partial charge in [-0.05, 0) is 135 Å². The maximum atomic E-state index is 13.1. The summed E-state index contributed by atoms with van der Waals surface area (Å²) >= 11 is 0. The van der Waals surface area contributed by atoms with E-state index in [2.05, 4.69) is 155 Å². The van der Waals surface area contributed by atoms with E-state index in [9.17, 15) is 43.2 Å². The third-order valence-electron chi connectivity index (χ3n) is 16.3. The average molecular weight is 1500 g/mol. The molecule has 0 radical (unpaired) electrons. The summed E-state index contributed by atoms with van der Waals surface area (Å²) in [5.74, 6) is -2.30. The number of hydrogen-bond acceptors (Lipinski definition) is 15. The Morgan fingerprint density at radius 3 is 0.846 bits per heavy atom. The number of esters is 4. The van der Waals surface area contributed by atoms with Crippen LogP contribution in [0.4, 0.5) is 0 Å². The number of hydrogen-bond donors (Lipinski definition) is 3. The van der Waals surface area contributed by atoms with E-state index >= 15 is 0 Å². The van der Waals surface area contributed by atoms with Crippen LogP contribution < -0.4 is 0 Å². The first-order chi connectivity index (χ1) is 50.7. The number of phosphoric acid groups is 2. The smallest absolute Gasteiger partial charge is 0.462 e. The number of rotatable bonds is 74. The molecule has 3 N–H and O–H groups in total. The highest BCUT2D eigenvalue weighted by atomic mass is 31.2. The molecular weight excluding hydrogens is 1350 g/mol. The van der Waals surface area contributed by atoms with Gasteiger partial charge in [0.2, 0.25) is 0 Å². The fourth-order valence-corrected chi connectivity index (χ4v) is 11.8. The standard InChI is InChI=1S/C85H142O17P2/c1-5-9-13-17-21-25-29-32-35-37-39-41-44-46-50-53-57-61-65-69-82(87)95-75-80(101-84(89)71-67-63-59-55-49-28-24-20-16-12-8-4)77-99-103(91,92)97-73-79(86)74-98-104(93,94)100-78-81(102-85(90)72-68-64-60-56-52-48-43-34-31-27-23-19-15-11-7-3)76-96-83(88)70-66-62-58-54-51-47-45-42-40-38-36-33-30-26-22-18-14-10-6-2/h10-11,14-15,21-23,25-27,32-36,39-43,47,51,58,62,79-81,86H,5-9,12-13,16-20,24,28-31,37-38,44-46,48-50,52-57,59-61,63-78H2,1-4H3,(H,91,92)(H,93,94)/b14-10-,15-11-,25-21-,26-22-,27-23-,35-32-,36-33-,41-39-,42-40-,43-34-,51-47-,62-58-. The number of phosphoric ester groups is 2. The summed E-state index contributed by atoms with van der Waals surface area (Å²) in [5, 5.41) is 10.6. The van der Waals surface area contributed by atoms with Crippen LogP contribution in [0.15, 0.2) is 146 Å². The maximum absolute atomic E-state index is 13.1. The molecule has 594 valence electrons. The minimum atomic E-state index is -5.00. The van der Waals surface area contributed by atoms with Crippen molar-refractivity contribution >= 4 is 39.5 Å². The summed E-state index contributed by atoms with van der Waals surface area (Å²) in [7, 11) is -9.99. The highest BCUT2D eigenvalue weighted by Crippen LogP contribution is 2.45. The summed E-state index contributed by atoms with van der Waals surface area (Å²) < 4.78 is 68.5. The van der Waals surface area contributed by atoms with Gasteiger partial charge in [-0.3, -0.25) is 37.3 Å². The normalized spacial score (nSPS) is 14.6. The van der Waals surface area contributed by atoms with Gasteiger partial charge in [-0.25, -0.2) is 9.13 Å². The number of aliphatic hydroxyl groups is 1. The molecule has 0 aromatic carbocycles. The predicted molar refractivity (Wildman–Crippen MR) is 427 cm³/mol. The molecular formula is C85H142O17P2. The van der Waals surface area contributed by atoms with Crippen molar-refractivity contribution in [2.24, 2.45) is 0 Å². The van der Waals surface area contributed by atoms with Gasteiger partial charge in [0, 0.05) is 25.7 Å². The molecule has 0 bridgehead atoms. The third-order valence-corrected chi connectivity index (χ3v) is 18.2. The van der Waals surface area contributed by atoms with Crippen molar-refractivity contribution in [3.05, 3.63) is 146 Å². The van der Waals surface area contributed by atoms with Crippen molar-refractivity contribution in [3.63, 3.8) is 0 Å². The van der Waals surface area contributed by atoms with Gasteiger partial charge in [0.05, 0.1) is 26.4 Å². The zero-order valence-electron chi connectivity index (χ0n) is 64.9. The summed E-state index contributed by atoms with van der Waals surface area (Å²) in [4.78, 5) is 73.0. The van der Waals surface area contributed by atoms with Crippen LogP contribution >= 0.6 is 15.6 Å². The van der Waals surface area contributed by atoms with E-state index in [1.807, 2.05) is 18.2 Å². The topological polar surface area (TPSA) is 237 Å². The molecule has 0 fully saturated rings. The lowest BCUT2D eigenvalue weighted by Gasteiger charge is -2.21. The van der Waals surface area contributed by atoms with Crippen LogP contribution in [0.3, 0.4) is 0 Å². The lowest BCUT2D eigenvalue weighted by molar-refractivity contribution is -0.161. The van der Waals surface area contributed by atoms with Crippen LogP contribution in [-0.2, 0) is 65.4 Å². The lowest BCUT2D eigenvalue weighted by Crippen LogP contribution is -2.30. The predicted octanol–water partition coefficient (Wildman–Crippen LogP) is 23.4. The third kappa shape index (κ3) is 75.2. The average Bonchev–Trinajstić information content (AvgIpc) is 0.929. The zero-order chi connectivity index (χ0) is 76.0. The number of carbonyl (C=O) groups excluding carboxylic acids is 4. The van der Waals surface area contributed by atoms with Gasteiger partial charge in [0.25, 0.3) is 0 Å². The van der Waals surface area contributed by atoms with Gasteiger partial charge in [0.1, 0.15) is 19.3 Å². The van der Waals surface area contributed by atoms with E-state index in [4.69, 9.17) is 37.0 Å². The fraction of sp³-hybridized carbons (Fsp3) is 0.671. The van der Waals surface area contributed by atoms with Gasteiger partial charge < -0.3 is 33.8 Å². The molecule has 5 atom stereocenters. The van der Waals surface area contributed by atoms with Crippen molar-refractivity contribution < 1.29 is 80.2 Å². The van der Waals surface area contributed by atoms with Crippen LogP contribution in [0.2, 0.25) is 0 Å². The van der Waals surface area contributed by atoms with Gasteiger partial charge in [-0.15, -0.1) is 0 Å². The molecule has 0 aromatic rings. The highest BCUT2D eigenvalue weighted by Gasteiger charge is 2.30. The largest absolute Gasteiger partial charge is 0.472 e. The maximum Gasteiger partial charge on any atom is 0.472 e. The molecule has 104 heavy (non-hydrogen) atoms. The summed E-state index contributed by atoms with van der Waals surface area (Å²) in [6.45, 7) is 4.50. The van der Waals surface area contributed by atoms with Gasteiger partial charge in [0.15, 0.2) is 12.2 Å². The first-order valence-corrected chi connectivity index (χ1v) is 43.1. The fourth-order valence-electron chi connectivity index (χ4n) is 10.3. The Kier molecular flexibility index (Phi) is 72.4. The Bertz CT molecular complexity index is 2540. The molecule has 0 saturated carbocycles. The van der Waals surface area contributed by atoms with E-state index in [0.29, 0.717) is 32.1 Å². The minimum absolute atomic E-state index is 0.0284. The van der Waals surface area contributed by atoms with Crippen LogP contribution in [0.1, 0.15) is 310 Å².